The Hall–Kier alpha value is -1.14. The fraction of sp³-hybridized carbons (Fsp3) is 0.714. The van der Waals surface area contributed by atoms with Gasteiger partial charge in [-0.1, -0.05) is 13.3 Å². The third-order valence-electron chi connectivity index (χ3n) is 1.78. The molecule has 76 valence electrons. The van der Waals surface area contributed by atoms with Crippen LogP contribution < -0.4 is 5.73 Å². The van der Waals surface area contributed by atoms with Crippen molar-refractivity contribution in [3.63, 3.8) is 0 Å². The zero-order valence-corrected chi connectivity index (χ0v) is 7.23. The summed E-state index contributed by atoms with van der Waals surface area (Å²) in [7, 11) is 0. The van der Waals surface area contributed by atoms with Crippen LogP contribution in [0, 0.1) is 0 Å². The summed E-state index contributed by atoms with van der Waals surface area (Å²) < 4.78 is 0. The Bertz CT molecular complexity index is 217. The maximum Gasteiger partial charge on any atom is 0.337 e. The van der Waals surface area contributed by atoms with Crippen LogP contribution in [-0.4, -0.2) is 38.9 Å². The first-order chi connectivity index (χ1) is 5.86. The summed E-state index contributed by atoms with van der Waals surface area (Å²) in [6.45, 7) is 1.63. The number of aliphatic hydroxyl groups is 1. The van der Waals surface area contributed by atoms with E-state index in [0.29, 0.717) is 6.42 Å². The van der Waals surface area contributed by atoms with Gasteiger partial charge in [0.25, 0.3) is 0 Å². The molecule has 0 aromatic heterocycles. The van der Waals surface area contributed by atoms with E-state index in [9.17, 15) is 14.7 Å². The Morgan fingerprint density at radius 2 is 1.92 bits per heavy atom. The van der Waals surface area contributed by atoms with Gasteiger partial charge in [0.05, 0.1) is 0 Å². The molecule has 5 N–H and O–H groups in total. The SMILES string of the molecule is CCCC(O)(C(=O)O)[C@H](N)[12C](=O)O. The standard InChI is InChI=1S/C7H13NO5/c1-2-3-7(13,6(11)12)4(8)5(9)10/h4,13H,2-3,8H2,1H3,(H,9,10)(H,11,12)/t4-,7?/m1/s1/i5+0. The van der Waals surface area contributed by atoms with Gasteiger partial charge < -0.3 is 21.1 Å². The van der Waals surface area contributed by atoms with Crippen molar-refractivity contribution in [1.82, 2.24) is 0 Å². The average molecular weight is 191 g/mol. The molecule has 6 nitrogen and oxygen atoms in total. The molecule has 0 amide bonds. The van der Waals surface area contributed by atoms with Crippen molar-refractivity contribution < 1.29 is 24.9 Å². The Morgan fingerprint density at radius 3 is 2.15 bits per heavy atom. The van der Waals surface area contributed by atoms with Crippen molar-refractivity contribution in [2.45, 2.75) is 31.4 Å². The molecule has 0 bridgehead atoms. The van der Waals surface area contributed by atoms with Crippen LogP contribution in [0.3, 0.4) is 0 Å². The third kappa shape index (κ3) is 2.40. The second-order valence-corrected chi connectivity index (χ2v) is 2.80. The van der Waals surface area contributed by atoms with Gasteiger partial charge in [-0.15, -0.1) is 0 Å². The Kier molecular flexibility index (Phi) is 3.83. The van der Waals surface area contributed by atoms with Gasteiger partial charge >= 0.3 is 11.9 Å². The van der Waals surface area contributed by atoms with Crippen molar-refractivity contribution in [1.29, 1.82) is 0 Å². The summed E-state index contributed by atoms with van der Waals surface area (Å²) in [6, 6.07) is -1.80. The molecule has 0 saturated heterocycles. The molecule has 0 aliphatic carbocycles. The minimum Gasteiger partial charge on any atom is -0.480 e. The minimum absolute atomic E-state index is 0.185. The van der Waals surface area contributed by atoms with Crippen LogP contribution in [0.5, 0.6) is 0 Å². The molecule has 0 saturated carbocycles. The molecule has 0 rings (SSSR count). The van der Waals surface area contributed by atoms with E-state index in [0.717, 1.165) is 0 Å². The van der Waals surface area contributed by atoms with Crippen LogP contribution in [-0.2, 0) is 9.59 Å². The maximum atomic E-state index is 10.6. The van der Waals surface area contributed by atoms with Gasteiger partial charge in [-0.25, -0.2) is 4.79 Å². The van der Waals surface area contributed by atoms with Crippen molar-refractivity contribution in [2.24, 2.45) is 5.73 Å². The molecule has 0 spiro atoms. The molecule has 1 unspecified atom stereocenters. The molecule has 0 aliphatic heterocycles. The lowest BCUT2D eigenvalue weighted by Crippen LogP contribution is -2.57. The molecule has 0 heterocycles. The van der Waals surface area contributed by atoms with E-state index in [2.05, 4.69) is 0 Å². The molecule has 0 aromatic rings. The summed E-state index contributed by atoms with van der Waals surface area (Å²) >= 11 is 0. The molecule has 0 radical (unpaired) electrons. The number of carboxylic acids is 2. The zero-order valence-electron chi connectivity index (χ0n) is 7.23. The van der Waals surface area contributed by atoms with Gasteiger partial charge in [0.1, 0.15) is 6.04 Å². The first kappa shape index (κ1) is 11.9. The lowest BCUT2D eigenvalue weighted by molar-refractivity contribution is -0.168. The summed E-state index contributed by atoms with van der Waals surface area (Å²) in [5, 5.41) is 26.5. The molecule has 0 aliphatic rings. The lowest BCUT2D eigenvalue weighted by Gasteiger charge is -2.26. The van der Waals surface area contributed by atoms with Crippen LogP contribution in [0.15, 0.2) is 0 Å². The highest BCUT2D eigenvalue weighted by Gasteiger charge is 2.45. The van der Waals surface area contributed by atoms with E-state index in [1.807, 2.05) is 0 Å². The minimum atomic E-state index is -2.37. The molecular weight excluding hydrogens is 178 g/mol. The quantitative estimate of drug-likeness (QED) is 0.443. The fourth-order valence-electron chi connectivity index (χ4n) is 0.981. The summed E-state index contributed by atoms with van der Waals surface area (Å²) in [4.78, 5) is 20.9. The number of carboxylic acid groups (broad SMARTS) is 2. The maximum absolute atomic E-state index is 10.6. The molecule has 0 aromatic carbocycles. The monoisotopic (exact) mass is 191 g/mol. The number of hydrogen-bond donors (Lipinski definition) is 4. The Balaban J connectivity index is 4.77. The van der Waals surface area contributed by atoms with Gasteiger partial charge in [0, 0.05) is 0 Å². The van der Waals surface area contributed by atoms with Gasteiger partial charge in [0.15, 0.2) is 5.60 Å². The van der Waals surface area contributed by atoms with Gasteiger partial charge in [-0.2, -0.15) is 0 Å². The van der Waals surface area contributed by atoms with Crippen LogP contribution >= 0.6 is 0 Å². The number of rotatable bonds is 5. The summed E-state index contributed by atoms with van der Waals surface area (Å²) in [6.07, 6.45) is 0.152. The lowest BCUT2D eigenvalue weighted by atomic mass is 9.90. The van der Waals surface area contributed by atoms with Crippen LogP contribution in [0.1, 0.15) is 19.8 Å². The van der Waals surface area contributed by atoms with Crippen molar-refractivity contribution in [2.75, 3.05) is 0 Å². The molecular formula is C7H13NO5. The fourth-order valence-corrected chi connectivity index (χ4v) is 0.981. The van der Waals surface area contributed by atoms with Crippen LogP contribution in [0.2, 0.25) is 0 Å². The average Bonchev–Trinajstić information content (AvgIpc) is 2.02. The van der Waals surface area contributed by atoms with E-state index < -0.39 is 23.6 Å². The Morgan fingerprint density at radius 1 is 1.46 bits per heavy atom. The number of aliphatic carboxylic acids is 2. The van der Waals surface area contributed by atoms with Crippen molar-refractivity contribution in [3.8, 4) is 0 Å². The summed E-state index contributed by atoms with van der Waals surface area (Å²) in [5.41, 5.74) is 2.68. The van der Waals surface area contributed by atoms with E-state index >= 15 is 0 Å². The molecule has 6 heteroatoms. The van der Waals surface area contributed by atoms with E-state index in [1.54, 1.807) is 6.92 Å². The van der Waals surface area contributed by atoms with Crippen molar-refractivity contribution >= 4 is 11.9 Å². The van der Waals surface area contributed by atoms with E-state index in [4.69, 9.17) is 15.9 Å². The van der Waals surface area contributed by atoms with Crippen LogP contribution in [0.4, 0.5) is 0 Å². The predicted octanol–water partition coefficient (Wildman–Crippen LogP) is -0.986. The van der Waals surface area contributed by atoms with Gasteiger partial charge in [-0.05, 0) is 6.42 Å². The molecule has 0 fully saturated rings. The van der Waals surface area contributed by atoms with E-state index in [1.165, 1.54) is 0 Å². The highest BCUT2D eigenvalue weighted by atomic mass is 16.4. The topological polar surface area (TPSA) is 121 Å². The number of carbonyl (C=O) groups is 2. The molecule has 2 atom stereocenters. The van der Waals surface area contributed by atoms with Gasteiger partial charge in [-0.3, -0.25) is 4.79 Å². The highest BCUT2D eigenvalue weighted by Crippen LogP contribution is 2.17. The highest BCUT2D eigenvalue weighted by molar-refractivity contribution is 5.87. The van der Waals surface area contributed by atoms with Crippen LogP contribution in [0.25, 0.3) is 0 Å². The normalized spacial score (nSPS) is 17.5. The number of hydrogen-bond acceptors (Lipinski definition) is 4. The van der Waals surface area contributed by atoms with Gasteiger partial charge in [0.2, 0.25) is 0 Å². The smallest absolute Gasteiger partial charge is 0.337 e. The first-order valence-electron chi connectivity index (χ1n) is 3.80. The molecule has 13 heavy (non-hydrogen) atoms. The second kappa shape index (κ2) is 4.20. The largest absolute Gasteiger partial charge is 0.480 e. The Labute approximate surface area is 75.0 Å². The first-order valence-corrected chi connectivity index (χ1v) is 3.80. The summed E-state index contributed by atoms with van der Waals surface area (Å²) in [5.74, 6) is -3.14. The van der Waals surface area contributed by atoms with Crippen molar-refractivity contribution in [3.05, 3.63) is 0 Å². The zero-order chi connectivity index (χ0) is 10.6. The number of nitrogens with two attached hydrogens (primary N) is 1. The second-order valence-electron chi connectivity index (χ2n) is 2.80. The predicted molar refractivity (Wildman–Crippen MR) is 43.1 cm³/mol. The van der Waals surface area contributed by atoms with E-state index in [-0.39, 0.29) is 6.42 Å². The third-order valence-corrected chi connectivity index (χ3v) is 1.78.